The first-order valence-electron chi connectivity index (χ1n) is 8.04. The Morgan fingerprint density at radius 2 is 1.82 bits per heavy atom. The number of ether oxygens (including phenoxy) is 1. The van der Waals surface area contributed by atoms with Crippen molar-refractivity contribution in [1.82, 2.24) is 0 Å². The Morgan fingerprint density at radius 3 is 2.43 bits per heavy atom. The van der Waals surface area contributed by atoms with E-state index in [-0.39, 0.29) is 10.6 Å². The Kier molecular flexibility index (Phi) is 5.79. The van der Waals surface area contributed by atoms with E-state index in [2.05, 4.69) is 5.32 Å². The second-order valence-electron chi connectivity index (χ2n) is 5.54. The van der Waals surface area contributed by atoms with Gasteiger partial charge in [-0.05, 0) is 48.0 Å². The highest BCUT2D eigenvalue weighted by atomic mass is 32.1. The number of anilines is 1. The number of nitrogens with zero attached hydrogens (tertiary/aromatic N) is 2. The fraction of sp³-hybridized carbons (Fsp3) is 0. The minimum atomic E-state index is -0.604. The van der Waals surface area contributed by atoms with E-state index in [0.29, 0.717) is 22.7 Å². The average molecular weight is 391 g/mol. The first-order chi connectivity index (χ1) is 13.5. The zero-order valence-electron chi connectivity index (χ0n) is 14.4. The molecule has 0 aliphatic heterocycles. The molecule has 1 heterocycles. The number of nitro groups is 1. The minimum Gasteiger partial charge on any atom is -0.457 e. The second-order valence-corrected chi connectivity index (χ2v) is 6.43. The van der Waals surface area contributed by atoms with Crippen molar-refractivity contribution in [3.05, 3.63) is 87.3 Å². The number of amides is 1. The number of benzene rings is 2. The summed E-state index contributed by atoms with van der Waals surface area (Å²) >= 11 is 0.929. The van der Waals surface area contributed by atoms with Crippen molar-refractivity contribution < 1.29 is 14.5 Å². The number of hydrogen-bond donors (Lipinski definition) is 1. The molecule has 0 aliphatic carbocycles. The lowest BCUT2D eigenvalue weighted by molar-refractivity contribution is -0.380. The van der Waals surface area contributed by atoms with Crippen LogP contribution in [-0.4, -0.2) is 10.8 Å². The summed E-state index contributed by atoms with van der Waals surface area (Å²) in [7, 11) is 0. The van der Waals surface area contributed by atoms with E-state index < -0.39 is 10.8 Å². The van der Waals surface area contributed by atoms with Gasteiger partial charge in [-0.2, -0.15) is 5.26 Å². The van der Waals surface area contributed by atoms with Crippen LogP contribution in [0.15, 0.2) is 71.6 Å². The Bertz CT molecular complexity index is 1070. The average Bonchev–Trinajstić information content (AvgIpc) is 3.17. The highest BCUT2D eigenvalue weighted by molar-refractivity contribution is 7.13. The third-order valence-electron chi connectivity index (χ3n) is 3.55. The van der Waals surface area contributed by atoms with Gasteiger partial charge in [0.05, 0.1) is 4.92 Å². The molecule has 28 heavy (non-hydrogen) atoms. The molecule has 0 atom stereocenters. The lowest BCUT2D eigenvalue weighted by Gasteiger charge is -2.07. The van der Waals surface area contributed by atoms with E-state index in [1.165, 1.54) is 17.5 Å². The molecule has 0 saturated heterocycles. The van der Waals surface area contributed by atoms with Gasteiger partial charge in [-0.3, -0.25) is 14.9 Å². The number of thiophene rings is 1. The molecule has 0 aliphatic rings. The van der Waals surface area contributed by atoms with Crippen molar-refractivity contribution in [2.24, 2.45) is 0 Å². The fourth-order valence-corrected chi connectivity index (χ4v) is 2.94. The van der Waals surface area contributed by atoms with Crippen LogP contribution in [0.1, 0.15) is 5.56 Å². The summed E-state index contributed by atoms with van der Waals surface area (Å²) in [5.41, 5.74) is 0.759. The molecule has 8 heteroatoms. The van der Waals surface area contributed by atoms with Crippen LogP contribution in [0.25, 0.3) is 6.08 Å². The summed E-state index contributed by atoms with van der Waals surface area (Å²) in [5.74, 6) is 0.692. The third-order valence-corrected chi connectivity index (χ3v) is 4.45. The van der Waals surface area contributed by atoms with E-state index >= 15 is 0 Å². The van der Waals surface area contributed by atoms with Crippen LogP contribution in [-0.2, 0) is 4.79 Å². The summed E-state index contributed by atoms with van der Waals surface area (Å²) in [6, 6.07) is 19.1. The van der Waals surface area contributed by atoms with Crippen LogP contribution in [0.5, 0.6) is 11.5 Å². The zero-order valence-corrected chi connectivity index (χ0v) is 15.2. The molecule has 1 amide bonds. The maximum absolute atomic E-state index is 12.3. The molecule has 0 fully saturated rings. The first kappa shape index (κ1) is 18.8. The molecule has 0 saturated carbocycles. The molecule has 0 radical (unpaired) electrons. The van der Waals surface area contributed by atoms with Gasteiger partial charge in [0.15, 0.2) is 0 Å². The number of hydrogen-bond acceptors (Lipinski definition) is 6. The quantitative estimate of drug-likeness (QED) is 0.276. The van der Waals surface area contributed by atoms with Gasteiger partial charge in [0.1, 0.15) is 23.1 Å². The number of carbonyl (C=O) groups excluding carboxylic acids is 1. The molecule has 1 N–H and O–H groups in total. The Balaban J connectivity index is 1.67. The van der Waals surface area contributed by atoms with Gasteiger partial charge in [0.25, 0.3) is 5.91 Å². The van der Waals surface area contributed by atoms with Crippen LogP contribution in [0, 0.1) is 21.4 Å². The number of rotatable bonds is 6. The minimum absolute atomic E-state index is 0.0575. The van der Waals surface area contributed by atoms with E-state index in [0.717, 1.165) is 11.3 Å². The van der Waals surface area contributed by atoms with Gasteiger partial charge >= 0.3 is 5.00 Å². The molecule has 1 aromatic heterocycles. The number of para-hydroxylation sites is 1. The molecule has 2 aromatic carbocycles. The van der Waals surface area contributed by atoms with Gasteiger partial charge in [0.2, 0.25) is 0 Å². The van der Waals surface area contributed by atoms with Crippen LogP contribution in [0.3, 0.4) is 0 Å². The smallest absolute Gasteiger partial charge is 0.324 e. The van der Waals surface area contributed by atoms with Gasteiger partial charge in [-0.1, -0.05) is 29.5 Å². The highest BCUT2D eigenvalue weighted by Crippen LogP contribution is 2.25. The highest BCUT2D eigenvalue weighted by Gasteiger charge is 2.13. The summed E-state index contributed by atoms with van der Waals surface area (Å²) in [6.45, 7) is 0. The zero-order chi connectivity index (χ0) is 19.9. The predicted octanol–water partition coefficient (Wildman–Crippen LogP) is 4.99. The molecule has 3 aromatic rings. The SMILES string of the molecule is N#C/C(=C/c1csc([N+](=O)[O-])c1)C(=O)Nc1ccc(Oc2ccccc2)cc1. The monoisotopic (exact) mass is 391 g/mol. The Hall–Kier alpha value is -3.96. The van der Waals surface area contributed by atoms with Crippen LogP contribution < -0.4 is 10.1 Å². The largest absolute Gasteiger partial charge is 0.457 e. The number of nitrogens with one attached hydrogen (secondary N) is 1. The summed E-state index contributed by atoms with van der Waals surface area (Å²) < 4.78 is 5.68. The van der Waals surface area contributed by atoms with Crippen molar-refractivity contribution in [3.8, 4) is 17.6 Å². The number of nitriles is 1. The van der Waals surface area contributed by atoms with Crippen molar-refractivity contribution in [3.63, 3.8) is 0 Å². The molecule has 7 nitrogen and oxygen atoms in total. The maximum atomic E-state index is 12.3. The van der Waals surface area contributed by atoms with Crippen molar-refractivity contribution in [2.75, 3.05) is 5.32 Å². The summed E-state index contributed by atoms with van der Waals surface area (Å²) in [4.78, 5) is 22.5. The molecular weight excluding hydrogens is 378 g/mol. The molecule has 138 valence electrons. The molecule has 0 bridgehead atoms. The molecule has 0 unspecified atom stereocenters. The third kappa shape index (κ3) is 4.81. The van der Waals surface area contributed by atoms with Gasteiger partial charge < -0.3 is 10.1 Å². The molecular formula is C20H13N3O4S. The lowest BCUT2D eigenvalue weighted by Crippen LogP contribution is -2.13. The normalized spacial score (nSPS) is 10.8. The van der Waals surface area contributed by atoms with E-state index in [1.54, 1.807) is 24.3 Å². The maximum Gasteiger partial charge on any atom is 0.324 e. The van der Waals surface area contributed by atoms with Crippen molar-refractivity contribution in [1.29, 1.82) is 5.26 Å². The van der Waals surface area contributed by atoms with Crippen molar-refractivity contribution in [2.45, 2.75) is 0 Å². The topological polar surface area (TPSA) is 105 Å². The first-order valence-corrected chi connectivity index (χ1v) is 8.92. The Morgan fingerprint density at radius 1 is 1.14 bits per heavy atom. The number of carbonyl (C=O) groups is 1. The predicted molar refractivity (Wildman–Crippen MR) is 106 cm³/mol. The summed E-state index contributed by atoms with van der Waals surface area (Å²) in [5, 5.41) is 24.0. The fourth-order valence-electron chi connectivity index (χ4n) is 2.26. The van der Waals surface area contributed by atoms with Crippen LogP contribution in [0.4, 0.5) is 10.7 Å². The van der Waals surface area contributed by atoms with Crippen molar-refractivity contribution >= 4 is 34.0 Å². The second kappa shape index (κ2) is 8.62. The van der Waals surface area contributed by atoms with E-state index in [4.69, 9.17) is 4.74 Å². The van der Waals surface area contributed by atoms with Gasteiger partial charge in [0, 0.05) is 17.1 Å². The standard InChI is InChI=1S/C20H13N3O4S/c21-12-15(10-14-11-19(23(25)26)28-13-14)20(24)22-16-6-8-18(9-7-16)27-17-4-2-1-3-5-17/h1-11,13H,(H,22,24)/b15-10-. The Labute approximate surface area is 164 Å². The van der Waals surface area contributed by atoms with E-state index in [1.807, 2.05) is 36.4 Å². The van der Waals surface area contributed by atoms with Gasteiger partial charge in [-0.15, -0.1) is 0 Å². The van der Waals surface area contributed by atoms with Gasteiger partial charge in [-0.25, -0.2) is 0 Å². The summed E-state index contributed by atoms with van der Waals surface area (Å²) in [6.07, 6.45) is 1.31. The lowest BCUT2D eigenvalue weighted by atomic mass is 10.2. The molecule has 0 spiro atoms. The molecule has 3 rings (SSSR count). The van der Waals surface area contributed by atoms with Crippen LogP contribution >= 0.6 is 11.3 Å². The van der Waals surface area contributed by atoms with E-state index in [9.17, 15) is 20.2 Å². The van der Waals surface area contributed by atoms with Crippen LogP contribution in [0.2, 0.25) is 0 Å².